The van der Waals surface area contributed by atoms with E-state index in [2.05, 4.69) is 44.9 Å². The number of nitrogens with zero attached hydrogens (tertiary/aromatic N) is 3. The zero-order valence-corrected chi connectivity index (χ0v) is 14.5. The Morgan fingerprint density at radius 3 is 2.96 bits per heavy atom. The number of anilines is 1. The van der Waals surface area contributed by atoms with Gasteiger partial charge in [-0.05, 0) is 12.5 Å². The van der Waals surface area contributed by atoms with Crippen molar-refractivity contribution in [2.45, 2.75) is 26.1 Å². The second-order valence-corrected chi connectivity index (χ2v) is 6.13. The molecule has 1 aliphatic rings. The molecule has 1 aromatic heterocycles. The Kier molecular flexibility index (Phi) is 6.03. The highest BCUT2D eigenvalue weighted by Gasteiger charge is 2.21. The summed E-state index contributed by atoms with van der Waals surface area (Å²) in [5.41, 5.74) is 1.98. The van der Waals surface area contributed by atoms with Gasteiger partial charge in [-0.25, -0.2) is 4.79 Å². The van der Waals surface area contributed by atoms with Crippen molar-refractivity contribution < 1.29 is 9.53 Å². The third-order valence-corrected chi connectivity index (χ3v) is 4.18. The Morgan fingerprint density at radius 1 is 1.36 bits per heavy atom. The molecule has 1 aliphatic heterocycles. The Morgan fingerprint density at radius 2 is 2.20 bits per heavy atom. The molecule has 134 valence electrons. The van der Waals surface area contributed by atoms with Gasteiger partial charge in [0.25, 0.3) is 0 Å². The predicted molar refractivity (Wildman–Crippen MR) is 96.4 cm³/mol. The summed E-state index contributed by atoms with van der Waals surface area (Å²) >= 11 is 0. The number of carbonyl (C=O) groups is 1. The monoisotopic (exact) mass is 343 g/mol. The fourth-order valence-corrected chi connectivity index (χ4v) is 2.87. The number of ether oxygens (including phenoxy) is 1. The number of urea groups is 1. The molecule has 25 heavy (non-hydrogen) atoms. The van der Waals surface area contributed by atoms with Crippen molar-refractivity contribution in [2.24, 2.45) is 0 Å². The number of amides is 2. The summed E-state index contributed by atoms with van der Waals surface area (Å²) in [7, 11) is 0. The number of aryl methyl sites for hydroxylation is 1. The van der Waals surface area contributed by atoms with Crippen LogP contribution in [0.2, 0.25) is 0 Å². The van der Waals surface area contributed by atoms with Crippen LogP contribution in [0.25, 0.3) is 0 Å². The van der Waals surface area contributed by atoms with Gasteiger partial charge < -0.3 is 15.4 Å². The van der Waals surface area contributed by atoms with E-state index in [4.69, 9.17) is 4.74 Å². The molecule has 2 aromatic rings. The molecule has 2 amide bonds. The quantitative estimate of drug-likeness (QED) is 0.841. The smallest absolute Gasteiger partial charge is 0.319 e. The van der Waals surface area contributed by atoms with E-state index in [1.807, 2.05) is 13.0 Å². The Hall–Kier alpha value is -2.38. The minimum Gasteiger partial charge on any atom is -0.374 e. The van der Waals surface area contributed by atoms with E-state index in [0.29, 0.717) is 18.8 Å². The maximum absolute atomic E-state index is 12.0. The minimum atomic E-state index is -0.237. The number of morpholine rings is 1. The van der Waals surface area contributed by atoms with E-state index in [1.54, 1.807) is 17.1 Å². The lowest BCUT2D eigenvalue weighted by molar-refractivity contribution is -0.0285. The van der Waals surface area contributed by atoms with Crippen molar-refractivity contribution in [2.75, 3.05) is 31.6 Å². The van der Waals surface area contributed by atoms with Crippen molar-refractivity contribution in [3.05, 3.63) is 48.3 Å². The van der Waals surface area contributed by atoms with Crippen molar-refractivity contribution in [1.29, 1.82) is 0 Å². The normalized spacial score (nSPS) is 18.0. The summed E-state index contributed by atoms with van der Waals surface area (Å²) in [5, 5.41) is 9.79. The maximum atomic E-state index is 12.0. The van der Waals surface area contributed by atoms with Gasteiger partial charge in [0.2, 0.25) is 0 Å². The third kappa shape index (κ3) is 5.30. The summed E-state index contributed by atoms with van der Waals surface area (Å²) in [4.78, 5) is 14.4. The average Bonchev–Trinajstić information content (AvgIpc) is 3.09. The summed E-state index contributed by atoms with van der Waals surface area (Å²) in [6, 6.07) is 10.2. The van der Waals surface area contributed by atoms with Crippen molar-refractivity contribution >= 4 is 11.7 Å². The van der Waals surface area contributed by atoms with Gasteiger partial charge in [-0.3, -0.25) is 9.58 Å². The number of nitrogens with one attached hydrogen (secondary N) is 2. The van der Waals surface area contributed by atoms with Crippen LogP contribution in [0.1, 0.15) is 12.5 Å². The van der Waals surface area contributed by atoms with Crippen LogP contribution in [0.5, 0.6) is 0 Å². The van der Waals surface area contributed by atoms with Crippen molar-refractivity contribution in [3.8, 4) is 0 Å². The van der Waals surface area contributed by atoms with Gasteiger partial charge in [0.1, 0.15) is 0 Å². The van der Waals surface area contributed by atoms with Crippen molar-refractivity contribution in [1.82, 2.24) is 20.0 Å². The molecule has 0 unspecified atom stereocenters. The molecule has 1 saturated heterocycles. The molecule has 7 heteroatoms. The lowest BCUT2D eigenvalue weighted by atomic mass is 10.2. The summed E-state index contributed by atoms with van der Waals surface area (Å²) in [6.45, 7) is 6.57. The third-order valence-electron chi connectivity index (χ3n) is 4.18. The molecule has 0 saturated carbocycles. The van der Waals surface area contributed by atoms with Crippen LogP contribution in [0, 0.1) is 0 Å². The number of hydrogen-bond donors (Lipinski definition) is 2. The lowest BCUT2D eigenvalue weighted by Gasteiger charge is -2.33. The Balaban J connectivity index is 1.42. The molecule has 2 heterocycles. The van der Waals surface area contributed by atoms with Crippen LogP contribution in [0.4, 0.5) is 10.5 Å². The molecule has 1 aromatic carbocycles. The molecule has 0 spiro atoms. The van der Waals surface area contributed by atoms with Crippen LogP contribution in [0.15, 0.2) is 42.7 Å². The molecule has 7 nitrogen and oxygen atoms in total. The standard InChI is InChI=1S/C18H25N5O2/c1-2-23-13-16(10-20-23)21-18(24)19-11-17-14-22(8-9-25-17)12-15-6-4-3-5-7-15/h3-7,10,13,17H,2,8-9,11-12,14H2,1H3,(H2,19,21,24)/t17-/m1/s1. The zero-order valence-electron chi connectivity index (χ0n) is 14.5. The minimum absolute atomic E-state index is 0.00146. The highest BCUT2D eigenvalue weighted by Crippen LogP contribution is 2.10. The number of aromatic nitrogens is 2. The maximum Gasteiger partial charge on any atom is 0.319 e. The first kappa shape index (κ1) is 17.4. The van der Waals surface area contributed by atoms with Crippen LogP contribution in [-0.2, 0) is 17.8 Å². The second kappa shape index (κ2) is 8.64. The van der Waals surface area contributed by atoms with Gasteiger partial charge in [-0.2, -0.15) is 5.10 Å². The molecule has 1 fully saturated rings. The Labute approximate surface area is 148 Å². The van der Waals surface area contributed by atoms with E-state index in [0.717, 1.165) is 26.2 Å². The molecule has 0 radical (unpaired) electrons. The number of hydrogen-bond acceptors (Lipinski definition) is 4. The first-order valence-electron chi connectivity index (χ1n) is 8.68. The topological polar surface area (TPSA) is 71.4 Å². The number of rotatable bonds is 6. The number of benzene rings is 1. The SMILES string of the molecule is CCn1cc(NC(=O)NC[C@@H]2CN(Cc3ccccc3)CCO2)cn1. The molecular weight excluding hydrogens is 318 g/mol. The largest absolute Gasteiger partial charge is 0.374 e. The molecule has 0 aliphatic carbocycles. The summed E-state index contributed by atoms with van der Waals surface area (Å²) in [6.07, 6.45) is 3.45. The van der Waals surface area contributed by atoms with Gasteiger partial charge in [-0.15, -0.1) is 0 Å². The predicted octanol–water partition coefficient (Wildman–Crippen LogP) is 1.93. The van der Waals surface area contributed by atoms with Crippen LogP contribution < -0.4 is 10.6 Å². The van der Waals surface area contributed by atoms with Gasteiger partial charge >= 0.3 is 6.03 Å². The first-order valence-corrected chi connectivity index (χ1v) is 8.68. The summed E-state index contributed by atoms with van der Waals surface area (Å²) in [5.74, 6) is 0. The highest BCUT2D eigenvalue weighted by molar-refractivity contribution is 5.88. The van der Waals surface area contributed by atoms with E-state index in [-0.39, 0.29) is 12.1 Å². The Bertz CT molecular complexity index is 673. The summed E-state index contributed by atoms with van der Waals surface area (Å²) < 4.78 is 7.53. The fourth-order valence-electron chi connectivity index (χ4n) is 2.87. The molecule has 3 rings (SSSR count). The van der Waals surface area contributed by atoms with E-state index >= 15 is 0 Å². The van der Waals surface area contributed by atoms with Gasteiger partial charge in [0, 0.05) is 38.9 Å². The molecular formula is C18H25N5O2. The van der Waals surface area contributed by atoms with E-state index in [9.17, 15) is 4.79 Å². The van der Waals surface area contributed by atoms with Gasteiger partial charge in [-0.1, -0.05) is 30.3 Å². The first-order chi connectivity index (χ1) is 12.2. The lowest BCUT2D eigenvalue weighted by Crippen LogP contribution is -2.47. The van der Waals surface area contributed by atoms with E-state index < -0.39 is 0 Å². The van der Waals surface area contributed by atoms with Crippen LogP contribution in [-0.4, -0.2) is 53.1 Å². The van der Waals surface area contributed by atoms with Gasteiger partial charge in [0.05, 0.1) is 24.6 Å². The average molecular weight is 343 g/mol. The van der Waals surface area contributed by atoms with Crippen LogP contribution >= 0.6 is 0 Å². The molecule has 2 N–H and O–H groups in total. The molecule has 0 bridgehead atoms. The molecule has 1 atom stereocenters. The van der Waals surface area contributed by atoms with E-state index in [1.165, 1.54) is 5.56 Å². The van der Waals surface area contributed by atoms with Gasteiger partial charge in [0.15, 0.2) is 0 Å². The number of carbonyl (C=O) groups excluding carboxylic acids is 1. The highest BCUT2D eigenvalue weighted by atomic mass is 16.5. The fraction of sp³-hybridized carbons (Fsp3) is 0.444. The van der Waals surface area contributed by atoms with Crippen molar-refractivity contribution in [3.63, 3.8) is 0 Å². The zero-order chi connectivity index (χ0) is 17.5. The second-order valence-electron chi connectivity index (χ2n) is 6.13. The van der Waals surface area contributed by atoms with Crippen LogP contribution in [0.3, 0.4) is 0 Å².